The molecule has 10 nitrogen and oxygen atoms in total. The van der Waals surface area contributed by atoms with Gasteiger partial charge in [-0.05, 0) is 57.8 Å². The van der Waals surface area contributed by atoms with Crippen molar-refractivity contribution < 1.29 is 33.4 Å². The fraction of sp³-hybridized carbons (Fsp3) is 0.963. The van der Waals surface area contributed by atoms with Crippen LogP contribution in [0.3, 0.4) is 0 Å². The van der Waals surface area contributed by atoms with Gasteiger partial charge in [0.05, 0.1) is 13.2 Å². The molecule has 2 atom stereocenters. The second-order valence-corrected chi connectivity index (χ2v) is 12.9. The number of rotatable bonds is 22. The van der Waals surface area contributed by atoms with Gasteiger partial charge >= 0.3 is 14.8 Å². The van der Waals surface area contributed by atoms with Gasteiger partial charge < -0.3 is 39.2 Å². The number of nitrogens with one attached hydrogen (secondary N) is 2. The summed E-state index contributed by atoms with van der Waals surface area (Å²) in [6.07, 6.45) is 4.38. The van der Waals surface area contributed by atoms with E-state index in [-0.39, 0.29) is 25.2 Å². The van der Waals surface area contributed by atoms with Crippen molar-refractivity contribution in [3.8, 4) is 0 Å². The smallest absolute Gasteiger partial charge is 0.395 e. The lowest BCUT2D eigenvalue weighted by molar-refractivity contribution is -0.0486. The van der Waals surface area contributed by atoms with Crippen LogP contribution in [0.4, 0.5) is 4.79 Å². The van der Waals surface area contributed by atoms with Crippen molar-refractivity contribution >= 4 is 14.8 Å². The number of hydrogen-bond donors (Lipinski definition) is 5. The molecule has 0 spiro atoms. The van der Waals surface area contributed by atoms with Gasteiger partial charge in [-0.2, -0.15) is 0 Å². The molecule has 0 aromatic rings. The molecule has 0 saturated heterocycles. The molecular formula is C27H61N3O7Si. The standard InChI is InChI=1S/C18H40N2O4Si.C9H21NO3/c1-7-18(5,6)13-11-14-19-17(21)20-15-12-16-25(22-8-2,23-9-3)24-10-4;1-3-8(2)9(13)10(4-6-11)5-7-12/h7-16H2,1-6H3,(H2,19,20,21);8-9,11-13H,3-7H2,1-2H3. The fourth-order valence-electron chi connectivity index (χ4n) is 3.72. The average Bonchev–Trinajstić information content (AvgIpc) is 2.89. The number of nitrogens with zero attached hydrogens (tertiary/aromatic N) is 1. The molecule has 0 aromatic heterocycles. The van der Waals surface area contributed by atoms with E-state index in [2.05, 4.69) is 31.4 Å². The van der Waals surface area contributed by atoms with E-state index in [0.717, 1.165) is 32.1 Å². The molecule has 0 rings (SSSR count). The van der Waals surface area contributed by atoms with Gasteiger partial charge in [0.1, 0.15) is 6.23 Å². The van der Waals surface area contributed by atoms with E-state index in [4.69, 9.17) is 23.5 Å². The third-order valence-corrected chi connectivity index (χ3v) is 9.76. The van der Waals surface area contributed by atoms with Crippen molar-refractivity contribution in [1.82, 2.24) is 15.5 Å². The molecule has 0 aliphatic heterocycles. The molecule has 2 amide bonds. The van der Waals surface area contributed by atoms with E-state index in [1.807, 2.05) is 34.6 Å². The third-order valence-electron chi connectivity index (χ3n) is 6.61. The normalized spacial score (nSPS) is 13.6. The lowest BCUT2D eigenvalue weighted by Crippen LogP contribution is -2.46. The second kappa shape index (κ2) is 24.0. The van der Waals surface area contributed by atoms with Crippen LogP contribution in [0.25, 0.3) is 0 Å². The molecule has 38 heavy (non-hydrogen) atoms. The number of urea groups is 1. The van der Waals surface area contributed by atoms with Crippen LogP contribution in [0, 0.1) is 11.3 Å². The molecule has 0 fully saturated rings. The highest BCUT2D eigenvalue weighted by molar-refractivity contribution is 6.60. The Kier molecular flexibility index (Phi) is 24.9. The molecule has 230 valence electrons. The molecule has 0 aromatic carbocycles. The summed E-state index contributed by atoms with van der Waals surface area (Å²) in [4.78, 5) is 13.5. The zero-order chi connectivity index (χ0) is 29.5. The van der Waals surface area contributed by atoms with Crippen molar-refractivity contribution in [2.24, 2.45) is 11.3 Å². The van der Waals surface area contributed by atoms with Gasteiger partial charge in [-0.25, -0.2) is 4.79 Å². The van der Waals surface area contributed by atoms with Gasteiger partial charge in [-0.3, -0.25) is 4.90 Å². The summed E-state index contributed by atoms with van der Waals surface area (Å²) in [5, 5.41) is 33.0. The van der Waals surface area contributed by atoms with Crippen LogP contribution < -0.4 is 10.6 Å². The van der Waals surface area contributed by atoms with Gasteiger partial charge in [0.15, 0.2) is 0 Å². The van der Waals surface area contributed by atoms with Crippen LogP contribution in [0.5, 0.6) is 0 Å². The molecule has 0 bridgehead atoms. The number of hydrogen-bond acceptors (Lipinski definition) is 8. The molecule has 2 unspecified atom stereocenters. The molecule has 0 radical (unpaired) electrons. The highest BCUT2D eigenvalue weighted by Gasteiger charge is 2.39. The van der Waals surface area contributed by atoms with E-state index in [9.17, 15) is 9.90 Å². The molecule has 0 heterocycles. The predicted octanol–water partition coefficient (Wildman–Crippen LogP) is 3.58. The van der Waals surface area contributed by atoms with Crippen molar-refractivity contribution in [3.05, 3.63) is 0 Å². The van der Waals surface area contributed by atoms with E-state index in [1.165, 1.54) is 0 Å². The Morgan fingerprint density at radius 2 is 1.37 bits per heavy atom. The minimum Gasteiger partial charge on any atom is -0.395 e. The summed E-state index contributed by atoms with van der Waals surface area (Å²) in [7, 11) is -2.60. The average molecular weight is 568 g/mol. The van der Waals surface area contributed by atoms with Gasteiger partial charge in [-0.1, -0.05) is 41.0 Å². The maximum absolute atomic E-state index is 11.8. The van der Waals surface area contributed by atoms with Crippen LogP contribution in [-0.4, -0.2) is 100 Å². The summed E-state index contributed by atoms with van der Waals surface area (Å²) < 4.78 is 17.4. The molecule has 0 saturated carbocycles. The Bertz CT molecular complexity index is 536. The first kappa shape index (κ1) is 39.4. The SMILES string of the molecule is CCC(C)C(O)N(CCO)CCO.CCO[Si](CCCNC(=O)NCCCC(C)(C)CC)(OCC)OCC. The van der Waals surface area contributed by atoms with Crippen molar-refractivity contribution in [2.75, 3.05) is 59.2 Å². The van der Waals surface area contributed by atoms with E-state index >= 15 is 0 Å². The second-order valence-electron chi connectivity index (χ2n) is 10.2. The van der Waals surface area contributed by atoms with Crippen molar-refractivity contribution in [1.29, 1.82) is 0 Å². The summed E-state index contributed by atoms with van der Waals surface area (Å²) in [6.45, 7) is 20.4. The fourth-order valence-corrected chi connectivity index (χ4v) is 6.33. The van der Waals surface area contributed by atoms with Crippen LogP contribution >= 0.6 is 0 Å². The Morgan fingerprint density at radius 1 is 0.895 bits per heavy atom. The zero-order valence-electron chi connectivity index (χ0n) is 25.7. The highest BCUT2D eigenvalue weighted by Crippen LogP contribution is 2.25. The van der Waals surface area contributed by atoms with E-state index in [1.54, 1.807) is 4.90 Å². The maximum atomic E-state index is 11.8. The van der Waals surface area contributed by atoms with Gasteiger partial charge in [0, 0.05) is 52.0 Å². The first-order valence-corrected chi connectivity index (χ1v) is 16.5. The number of amides is 2. The Hall–Kier alpha value is -0.793. The van der Waals surface area contributed by atoms with Crippen LogP contribution in [0.15, 0.2) is 0 Å². The van der Waals surface area contributed by atoms with Crippen LogP contribution in [0.1, 0.15) is 87.5 Å². The van der Waals surface area contributed by atoms with Gasteiger partial charge in [0.2, 0.25) is 0 Å². The number of carbonyl (C=O) groups is 1. The van der Waals surface area contributed by atoms with Crippen LogP contribution in [-0.2, 0) is 13.3 Å². The number of aliphatic hydroxyl groups excluding tert-OH is 3. The molecular weight excluding hydrogens is 506 g/mol. The zero-order valence-corrected chi connectivity index (χ0v) is 26.7. The summed E-state index contributed by atoms with van der Waals surface area (Å²) in [5.74, 6) is 0.165. The van der Waals surface area contributed by atoms with E-state index in [0.29, 0.717) is 57.5 Å². The molecule has 5 N–H and O–H groups in total. The van der Waals surface area contributed by atoms with E-state index < -0.39 is 15.0 Å². The first-order valence-electron chi connectivity index (χ1n) is 14.6. The minimum absolute atomic E-state index is 0.00743. The Labute approximate surface area is 234 Å². The predicted molar refractivity (Wildman–Crippen MR) is 156 cm³/mol. The largest absolute Gasteiger partial charge is 0.500 e. The lowest BCUT2D eigenvalue weighted by atomic mass is 9.85. The van der Waals surface area contributed by atoms with Crippen LogP contribution in [0.2, 0.25) is 6.04 Å². The Balaban J connectivity index is 0. The maximum Gasteiger partial charge on any atom is 0.500 e. The summed E-state index contributed by atoms with van der Waals surface area (Å²) >= 11 is 0. The quantitative estimate of drug-likeness (QED) is 0.0762. The highest BCUT2D eigenvalue weighted by atomic mass is 28.4. The summed E-state index contributed by atoms with van der Waals surface area (Å²) in [5.41, 5.74) is 0.351. The summed E-state index contributed by atoms with van der Waals surface area (Å²) in [6, 6.07) is 0.610. The third kappa shape index (κ3) is 19.3. The van der Waals surface area contributed by atoms with Gasteiger partial charge in [0.25, 0.3) is 0 Å². The molecule has 11 heteroatoms. The number of carbonyl (C=O) groups excluding carboxylic acids is 1. The van der Waals surface area contributed by atoms with Crippen molar-refractivity contribution in [2.45, 2.75) is 99.8 Å². The minimum atomic E-state index is -2.60. The van der Waals surface area contributed by atoms with Gasteiger partial charge in [-0.15, -0.1) is 0 Å². The topological polar surface area (TPSA) is 133 Å². The van der Waals surface area contributed by atoms with Crippen molar-refractivity contribution in [3.63, 3.8) is 0 Å². The Morgan fingerprint density at radius 3 is 1.76 bits per heavy atom. The monoisotopic (exact) mass is 567 g/mol. The first-order chi connectivity index (χ1) is 18.0. The lowest BCUT2D eigenvalue weighted by Gasteiger charge is -2.30. The molecule has 0 aliphatic carbocycles. The number of aliphatic hydroxyl groups is 3. The molecule has 0 aliphatic rings.